The molecule has 0 amide bonds. The van der Waals surface area contributed by atoms with E-state index in [0.29, 0.717) is 0 Å². The molecule has 1 aromatic carbocycles. The summed E-state index contributed by atoms with van der Waals surface area (Å²) in [4.78, 5) is 0. The summed E-state index contributed by atoms with van der Waals surface area (Å²) in [6, 6.07) is 5.33. The average molecular weight is 311 g/mol. The Bertz CT molecular complexity index is 540. The molecule has 0 radical (unpaired) electrons. The predicted molar refractivity (Wildman–Crippen MR) is 69.0 cm³/mol. The van der Waals surface area contributed by atoms with Crippen LogP contribution in [-0.4, -0.2) is 30.9 Å². The molecule has 2 unspecified atom stereocenters. The maximum Gasteiger partial charge on any atom is 0.397 e. The van der Waals surface area contributed by atoms with Crippen molar-refractivity contribution in [3.05, 3.63) is 35.4 Å². The average Bonchev–Trinajstić information content (AvgIpc) is 2.28. The van der Waals surface area contributed by atoms with Gasteiger partial charge in [-0.1, -0.05) is 29.8 Å². The van der Waals surface area contributed by atoms with Crippen molar-refractivity contribution < 1.29 is 26.1 Å². The van der Waals surface area contributed by atoms with Gasteiger partial charge in [0.25, 0.3) is 10.1 Å². The zero-order valence-electron chi connectivity index (χ0n) is 10.8. The lowest BCUT2D eigenvalue weighted by Gasteiger charge is -2.27. The first-order valence-corrected chi connectivity index (χ1v) is 7.37. The second kappa shape index (κ2) is 6.11. The molecule has 0 saturated carbocycles. The molecule has 0 saturated heterocycles. The molecule has 0 fully saturated rings. The molecule has 1 aromatic rings. The van der Waals surface area contributed by atoms with Gasteiger partial charge in [0.2, 0.25) is 0 Å². The highest BCUT2D eigenvalue weighted by Crippen LogP contribution is 2.40. The number of hydrogen-bond acceptors (Lipinski definition) is 3. The molecule has 0 aliphatic carbocycles. The van der Waals surface area contributed by atoms with Gasteiger partial charge in [-0.2, -0.15) is 21.6 Å². The van der Waals surface area contributed by atoms with Crippen molar-refractivity contribution in [3.8, 4) is 0 Å². The van der Waals surface area contributed by atoms with Gasteiger partial charge in [0.1, 0.15) is 5.25 Å². The second-order valence-corrected chi connectivity index (χ2v) is 6.20. The number of alkyl halides is 3. The van der Waals surface area contributed by atoms with E-state index in [2.05, 4.69) is 0 Å². The Hall–Kier alpha value is -1.12. The van der Waals surface area contributed by atoms with Crippen molar-refractivity contribution >= 4 is 10.1 Å². The first-order valence-electron chi connectivity index (χ1n) is 5.87. The highest BCUT2D eigenvalue weighted by molar-refractivity contribution is 7.86. The van der Waals surface area contributed by atoms with Crippen LogP contribution < -0.4 is 5.73 Å². The van der Waals surface area contributed by atoms with Crippen LogP contribution in [0.4, 0.5) is 13.2 Å². The minimum Gasteiger partial charge on any atom is -0.330 e. The first kappa shape index (κ1) is 16.9. The van der Waals surface area contributed by atoms with E-state index in [1.54, 1.807) is 6.92 Å². The summed E-state index contributed by atoms with van der Waals surface area (Å²) in [7, 11) is -4.87. The van der Waals surface area contributed by atoms with Crippen molar-refractivity contribution in [3.63, 3.8) is 0 Å². The Kier molecular flexibility index (Phi) is 5.17. The molecule has 20 heavy (non-hydrogen) atoms. The van der Waals surface area contributed by atoms with Crippen LogP contribution in [0, 0.1) is 6.92 Å². The van der Waals surface area contributed by atoms with Crippen LogP contribution in [0.2, 0.25) is 0 Å². The van der Waals surface area contributed by atoms with Crippen molar-refractivity contribution in [2.75, 3.05) is 6.54 Å². The van der Waals surface area contributed by atoms with E-state index in [1.807, 2.05) is 0 Å². The fraction of sp³-hybridized carbons (Fsp3) is 0.500. The lowest BCUT2D eigenvalue weighted by Crippen LogP contribution is -2.38. The molecule has 0 bridgehead atoms. The smallest absolute Gasteiger partial charge is 0.330 e. The topological polar surface area (TPSA) is 80.4 Å². The standard InChI is InChI=1S/C12H16F3NO3S/c1-8-2-4-9(5-3-8)11(12(13,14)15)10(6-7-16)20(17,18)19/h2-5,10-11H,6-7,16H2,1H3,(H,17,18,19). The maximum atomic E-state index is 13.2. The Labute approximate surface area is 115 Å². The van der Waals surface area contributed by atoms with Crippen molar-refractivity contribution in [2.24, 2.45) is 5.73 Å². The van der Waals surface area contributed by atoms with Crippen LogP contribution in [-0.2, 0) is 10.1 Å². The second-order valence-electron chi connectivity index (χ2n) is 4.56. The Morgan fingerprint density at radius 2 is 1.75 bits per heavy atom. The molecule has 0 aliphatic rings. The molecule has 2 atom stereocenters. The van der Waals surface area contributed by atoms with Crippen LogP contribution in [0.3, 0.4) is 0 Å². The van der Waals surface area contributed by atoms with E-state index in [9.17, 15) is 21.6 Å². The molecule has 114 valence electrons. The molecular weight excluding hydrogens is 295 g/mol. The molecule has 0 aliphatic heterocycles. The lowest BCUT2D eigenvalue weighted by atomic mass is 9.92. The molecule has 0 heterocycles. The fourth-order valence-corrected chi connectivity index (χ4v) is 3.13. The normalized spacial score (nSPS) is 15.9. The fourth-order valence-electron chi connectivity index (χ4n) is 2.04. The maximum absolute atomic E-state index is 13.2. The summed E-state index contributed by atoms with van der Waals surface area (Å²) < 4.78 is 71.2. The van der Waals surface area contributed by atoms with Gasteiger partial charge in [0.05, 0.1) is 5.92 Å². The zero-order valence-corrected chi connectivity index (χ0v) is 11.6. The molecular formula is C12H16F3NO3S. The monoisotopic (exact) mass is 311 g/mol. The molecule has 0 spiro atoms. The number of halogens is 3. The van der Waals surface area contributed by atoms with Gasteiger partial charge < -0.3 is 5.73 Å². The molecule has 1 rings (SSSR count). The lowest BCUT2D eigenvalue weighted by molar-refractivity contribution is -0.151. The number of hydrogen-bond donors (Lipinski definition) is 2. The van der Waals surface area contributed by atoms with Crippen LogP contribution in [0.25, 0.3) is 0 Å². The minimum absolute atomic E-state index is 0.209. The van der Waals surface area contributed by atoms with Crippen LogP contribution >= 0.6 is 0 Å². The quantitative estimate of drug-likeness (QED) is 0.817. The minimum atomic E-state index is -4.87. The van der Waals surface area contributed by atoms with Gasteiger partial charge in [-0.3, -0.25) is 4.55 Å². The SMILES string of the molecule is Cc1ccc(C(C(CCN)S(=O)(=O)O)C(F)(F)F)cc1. The highest BCUT2D eigenvalue weighted by Gasteiger charge is 2.49. The van der Waals surface area contributed by atoms with Gasteiger partial charge in [0, 0.05) is 0 Å². The zero-order chi connectivity index (χ0) is 15.6. The van der Waals surface area contributed by atoms with Crippen LogP contribution in [0.5, 0.6) is 0 Å². The third-order valence-electron chi connectivity index (χ3n) is 2.99. The van der Waals surface area contributed by atoms with Gasteiger partial charge in [-0.25, -0.2) is 0 Å². The van der Waals surface area contributed by atoms with Gasteiger partial charge in [0.15, 0.2) is 0 Å². The van der Waals surface area contributed by atoms with E-state index in [-0.39, 0.29) is 12.1 Å². The predicted octanol–water partition coefficient (Wildman–Crippen LogP) is 2.25. The Morgan fingerprint density at radius 1 is 1.25 bits per heavy atom. The number of benzene rings is 1. The first-order chi connectivity index (χ1) is 9.07. The van der Waals surface area contributed by atoms with Crippen molar-refractivity contribution in [2.45, 2.75) is 30.7 Å². The summed E-state index contributed by atoms with van der Waals surface area (Å²) in [6.07, 6.45) is -5.28. The van der Waals surface area contributed by atoms with Gasteiger partial charge in [-0.05, 0) is 25.5 Å². The molecule has 4 nitrogen and oxygen atoms in total. The van der Waals surface area contributed by atoms with Gasteiger partial charge in [-0.15, -0.1) is 0 Å². The third-order valence-corrected chi connectivity index (χ3v) is 4.27. The van der Waals surface area contributed by atoms with E-state index < -0.39 is 33.9 Å². The summed E-state index contributed by atoms with van der Waals surface area (Å²) in [5.74, 6) is -2.30. The van der Waals surface area contributed by atoms with Gasteiger partial charge >= 0.3 is 6.18 Å². The number of rotatable bonds is 5. The van der Waals surface area contributed by atoms with Crippen molar-refractivity contribution in [1.29, 1.82) is 0 Å². The van der Waals surface area contributed by atoms with E-state index in [0.717, 1.165) is 5.56 Å². The highest BCUT2D eigenvalue weighted by atomic mass is 32.2. The largest absolute Gasteiger partial charge is 0.397 e. The number of nitrogens with two attached hydrogens (primary N) is 1. The molecule has 0 aromatic heterocycles. The van der Waals surface area contributed by atoms with Crippen LogP contribution in [0.1, 0.15) is 23.5 Å². The van der Waals surface area contributed by atoms with E-state index >= 15 is 0 Å². The molecule has 3 N–H and O–H groups in total. The molecule has 8 heteroatoms. The number of aryl methyl sites for hydroxylation is 1. The summed E-state index contributed by atoms with van der Waals surface area (Å²) in [5.41, 5.74) is 5.70. The summed E-state index contributed by atoms with van der Waals surface area (Å²) in [5, 5.41) is -2.00. The Morgan fingerprint density at radius 3 is 2.10 bits per heavy atom. The summed E-state index contributed by atoms with van der Waals surface area (Å²) in [6.45, 7) is 1.43. The Balaban J connectivity index is 3.34. The van der Waals surface area contributed by atoms with E-state index in [4.69, 9.17) is 10.3 Å². The van der Waals surface area contributed by atoms with E-state index in [1.165, 1.54) is 24.3 Å². The summed E-state index contributed by atoms with van der Waals surface area (Å²) >= 11 is 0. The third kappa shape index (κ3) is 4.19. The van der Waals surface area contributed by atoms with Crippen molar-refractivity contribution in [1.82, 2.24) is 0 Å². The van der Waals surface area contributed by atoms with Crippen LogP contribution in [0.15, 0.2) is 24.3 Å².